The first-order chi connectivity index (χ1) is 13.9. The van der Waals surface area contributed by atoms with Crippen molar-refractivity contribution in [3.05, 3.63) is 71.8 Å². The van der Waals surface area contributed by atoms with Gasteiger partial charge in [0.05, 0.1) is 11.4 Å². The molecule has 0 spiro atoms. The second kappa shape index (κ2) is 7.75. The molecule has 3 aromatic carbocycles. The van der Waals surface area contributed by atoms with Crippen LogP contribution in [0.2, 0.25) is 0 Å². The molecule has 0 saturated carbocycles. The second-order valence-electron chi connectivity index (χ2n) is 7.19. The third kappa shape index (κ3) is 4.05. The van der Waals surface area contributed by atoms with Gasteiger partial charge in [0, 0.05) is 18.8 Å². The number of hydrogen-bond acceptors (Lipinski definition) is 3. The monoisotopic (exact) mass is 409 g/mol. The molecule has 4 rings (SSSR count). The number of fused-ring (bicyclic) bond motifs is 1. The molecule has 150 valence electrons. The molecule has 7 heteroatoms. The Morgan fingerprint density at radius 3 is 2.66 bits per heavy atom. The van der Waals surface area contributed by atoms with E-state index in [4.69, 9.17) is 0 Å². The normalized spacial score (nSPS) is 15.4. The number of sulfonamides is 1. The number of hydrogen-bond donors (Lipinski definition) is 2. The average molecular weight is 410 g/mol. The molecule has 1 aliphatic rings. The summed E-state index contributed by atoms with van der Waals surface area (Å²) in [5.74, 6) is 0.162. The highest BCUT2D eigenvalue weighted by Gasteiger charge is 2.28. The number of rotatable bonds is 4. The fourth-order valence-corrected chi connectivity index (χ4v) is 5.17. The fraction of sp³-hybridized carbons (Fsp3) is 0.227. The van der Waals surface area contributed by atoms with Crippen molar-refractivity contribution < 1.29 is 13.2 Å². The van der Waals surface area contributed by atoms with Crippen LogP contribution in [0, 0.1) is 6.92 Å². The maximum atomic E-state index is 12.5. The van der Waals surface area contributed by atoms with Gasteiger partial charge in [0.1, 0.15) is 0 Å². The molecule has 0 aliphatic carbocycles. The number of carbonyl (C=O) groups is 1. The number of aryl methyl sites for hydroxylation is 1. The van der Waals surface area contributed by atoms with Crippen LogP contribution in [-0.4, -0.2) is 26.7 Å². The van der Waals surface area contributed by atoms with Gasteiger partial charge < -0.3 is 10.6 Å². The van der Waals surface area contributed by atoms with Gasteiger partial charge in [-0.05, 0) is 47.4 Å². The molecule has 29 heavy (non-hydrogen) atoms. The second-order valence-corrected chi connectivity index (χ2v) is 9.20. The van der Waals surface area contributed by atoms with Crippen molar-refractivity contribution in [3.63, 3.8) is 0 Å². The summed E-state index contributed by atoms with van der Waals surface area (Å²) in [4.78, 5) is 12.5. The summed E-state index contributed by atoms with van der Waals surface area (Å²) in [5.41, 5.74) is 3.08. The summed E-state index contributed by atoms with van der Waals surface area (Å²) in [6.45, 7) is 2.74. The highest BCUT2D eigenvalue weighted by atomic mass is 32.2. The lowest BCUT2D eigenvalue weighted by molar-refractivity contribution is 0.252. The Balaban J connectivity index is 1.48. The molecular weight excluding hydrogens is 386 g/mol. The van der Waals surface area contributed by atoms with E-state index < -0.39 is 10.0 Å². The van der Waals surface area contributed by atoms with Crippen LogP contribution in [0.25, 0.3) is 10.8 Å². The Morgan fingerprint density at radius 1 is 1.07 bits per heavy atom. The molecule has 0 unspecified atom stereocenters. The van der Waals surface area contributed by atoms with Crippen LogP contribution in [0.15, 0.2) is 60.7 Å². The van der Waals surface area contributed by atoms with E-state index in [2.05, 4.69) is 10.6 Å². The number of carbonyl (C=O) groups excluding carboxylic acids is 1. The zero-order valence-corrected chi connectivity index (χ0v) is 17.0. The number of anilines is 2. The highest BCUT2D eigenvalue weighted by molar-refractivity contribution is 7.93. The average Bonchev–Trinajstić information content (AvgIpc) is 3.07. The lowest BCUT2D eigenvalue weighted by Gasteiger charge is -2.19. The summed E-state index contributed by atoms with van der Waals surface area (Å²) >= 11 is 0. The number of urea groups is 1. The summed E-state index contributed by atoms with van der Waals surface area (Å²) in [6, 6.07) is 19.0. The zero-order chi connectivity index (χ0) is 20.4. The van der Waals surface area contributed by atoms with Crippen molar-refractivity contribution in [2.24, 2.45) is 0 Å². The Bertz CT molecular complexity index is 1170. The van der Waals surface area contributed by atoms with E-state index in [9.17, 15) is 13.2 Å². The largest absolute Gasteiger partial charge is 0.334 e. The molecule has 6 nitrogen and oxygen atoms in total. The van der Waals surface area contributed by atoms with E-state index in [0.717, 1.165) is 21.9 Å². The molecule has 1 heterocycles. The molecule has 0 atom stereocenters. The van der Waals surface area contributed by atoms with E-state index in [1.54, 1.807) is 12.1 Å². The molecular formula is C22H23N3O3S. The smallest absolute Gasteiger partial charge is 0.319 e. The van der Waals surface area contributed by atoms with Crippen molar-refractivity contribution >= 4 is 38.2 Å². The van der Waals surface area contributed by atoms with Crippen molar-refractivity contribution in [2.45, 2.75) is 19.9 Å². The van der Waals surface area contributed by atoms with Gasteiger partial charge in [0.15, 0.2) is 0 Å². The predicted octanol–water partition coefficient (Wildman–Crippen LogP) is 4.01. The van der Waals surface area contributed by atoms with Gasteiger partial charge in [-0.25, -0.2) is 13.2 Å². The van der Waals surface area contributed by atoms with Crippen LogP contribution in [0.4, 0.5) is 16.2 Å². The van der Waals surface area contributed by atoms with Crippen LogP contribution in [0.1, 0.15) is 17.5 Å². The molecule has 1 fully saturated rings. The van der Waals surface area contributed by atoms with Gasteiger partial charge in [0.25, 0.3) is 0 Å². The first kappa shape index (κ1) is 19.3. The van der Waals surface area contributed by atoms with Crippen molar-refractivity contribution in [2.75, 3.05) is 21.9 Å². The summed E-state index contributed by atoms with van der Waals surface area (Å²) in [5, 5.41) is 7.97. The maximum Gasteiger partial charge on any atom is 0.319 e. The maximum absolute atomic E-state index is 12.5. The molecule has 3 aromatic rings. The molecule has 0 aromatic heterocycles. The van der Waals surface area contributed by atoms with E-state index >= 15 is 0 Å². The predicted molar refractivity (Wildman–Crippen MR) is 117 cm³/mol. The van der Waals surface area contributed by atoms with Gasteiger partial charge in [0.2, 0.25) is 10.0 Å². The first-order valence-corrected chi connectivity index (χ1v) is 11.2. The Labute approximate surface area is 170 Å². The fourth-order valence-electron chi connectivity index (χ4n) is 3.62. The molecule has 0 radical (unpaired) electrons. The third-order valence-electron chi connectivity index (χ3n) is 5.18. The van der Waals surface area contributed by atoms with Crippen molar-refractivity contribution in [1.82, 2.24) is 5.32 Å². The number of benzene rings is 3. The quantitative estimate of drug-likeness (QED) is 0.683. The minimum absolute atomic E-state index is 0.162. The third-order valence-corrected chi connectivity index (χ3v) is 7.05. The van der Waals surface area contributed by atoms with Crippen LogP contribution < -0.4 is 14.9 Å². The van der Waals surface area contributed by atoms with Gasteiger partial charge in [-0.15, -0.1) is 0 Å². The SMILES string of the molecule is Cc1ccc(N2CCCS2(=O)=O)cc1NC(=O)NCc1cccc2ccccc12. The molecule has 0 bridgehead atoms. The van der Waals surface area contributed by atoms with Crippen LogP contribution >= 0.6 is 0 Å². The van der Waals surface area contributed by atoms with E-state index in [-0.39, 0.29) is 11.8 Å². The van der Waals surface area contributed by atoms with E-state index in [0.29, 0.717) is 30.9 Å². The summed E-state index contributed by atoms with van der Waals surface area (Å²) < 4.78 is 25.8. The first-order valence-electron chi connectivity index (χ1n) is 9.57. The lowest BCUT2D eigenvalue weighted by Crippen LogP contribution is -2.29. The minimum atomic E-state index is -3.26. The molecule has 1 aliphatic heterocycles. The zero-order valence-electron chi connectivity index (χ0n) is 16.2. The summed E-state index contributed by atoms with van der Waals surface area (Å²) in [6.07, 6.45) is 0.616. The number of amides is 2. The summed E-state index contributed by atoms with van der Waals surface area (Å²) in [7, 11) is -3.26. The highest BCUT2D eigenvalue weighted by Crippen LogP contribution is 2.28. The molecule has 1 saturated heterocycles. The number of nitrogens with zero attached hydrogens (tertiary/aromatic N) is 1. The standard InChI is InChI=1S/C22H23N3O3S/c1-16-10-11-19(25-12-5-13-29(25,27)28)14-21(16)24-22(26)23-15-18-8-4-7-17-6-2-3-9-20(17)18/h2-4,6-11,14H,5,12-13,15H2,1H3,(H2,23,24,26). The molecule has 2 N–H and O–H groups in total. The Kier molecular flexibility index (Phi) is 5.15. The van der Waals surface area contributed by atoms with E-state index in [1.165, 1.54) is 4.31 Å². The minimum Gasteiger partial charge on any atom is -0.334 e. The van der Waals surface area contributed by atoms with Crippen LogP contribution in [-0.2, 0) is 16.6 Å². The number of nitrogens with one attached hydrogen (secondary N) is 2. The van der Waals surface area contributed by atoms with Crippen LogP contribution in [0.5, 0.6) is 0 Å². The topological polar surface area (TPSA) is 78.5 Å². The lowest BCUT2D eigenvalue weighted by atomic mass is 10.0. The van der Waals surface area contributed by atoms with Crippen molar-refractivity contribution in [3.8, 4) is 0 Å². The van der Waals surface area contributed by atoms with Gasteiger partial charge in [-0.1, -0.05) is 48.5 Å². The van der Waals surface area contributed by atoms with Gasteiger partial charge in [-0.3, -0.25) is 4.31 Å². The van der Waals surface area contributed by atoms with Gasteiger partial charge in [-0.2, -0.15) is 0 Å². The molecule has 2 amide bonds. The van der Waals surface area contributed by atoms with Gasteiger partial charge >= 0.3 is 6.03 Å². The van der Waals surface area contributed by atoms with Crippen molar-refractivity contribution in [1.29, 1.82) is 0 Å². The van der Waals surface area contributed by atoms with E-state index in [1.807, 2.05) is 55.5 Å². The van der Waals surface area contributed by atoms with Crippen LogP contribution in [0.3, 0.4) is 0 Å². The Hall–Kier alpha value is -3.06. The Morgan fingerprint density at radius 2 is 1.86 bits per heavy atom.